The summed E-state index contributed by atoms with van der Waals surface area (Å²) in [7, 11) is 1.75. The van der Waals surface area contributed by atoms with Gasteiger partial charge in [-0.05, 0) is 18.2 Å². The Kier molecular flexibility index (Phi) is 3.68. The van der Waals surface area contributed by atoms with Gasteiger partial charge in [0, 0.05) is 32.4 Å². The van der Waals surface area contributed by atoms with Crippen LogP contribution in [0.5, 0.6) is 0 Å². The maximum Gasteiger partial charge on any atom is 0.224 e. The van der Waals surface area contributed by atoms with Gasteiger partial charge in [0.05, 0.1) is 6.54 Å². The Morgan fingerprint density at radius 1 is 1.33 bits per heavy atom. The van der Waals surface area contributed by atoms with E-state index in [1.54, 1.807) is 22.8 Å². The molecule has 1 aromatic carbocycles. The van der Waals surface area contributed by atoms with Crippen LogP contribution >= 0.6 is 0 Å². The van der Waals surface area contributed by atoms with Crippen LogP contribution in [0.15, 0.2) is 47.1 Å². The van der Waals surface area contributed by atoms with Gasteiger partial charge in [0.1, 0.15) is 5.52 Å². The molecule has 0 saturated heterocycles. The second kappa shape index (κ2) is 5.78. The Morgan fingerprint density at radius 3 is 2.95 bits per heavy atom. The lowest BCUT2D eigenvalue weighted by Crippen LogP contribution is -2.27. The molecule has 6 nitrogen and oxygen atoms in total. The van der Waals surface area contributed by atoms with E-state index in [0.29, 0.717) is 25.4 Å². The molecule has 2 heterocycles. The van der Waals surface area contributed by atoms with Crippen molar-refractivity contribution in [2.24, 2.45) is 0 Å². The molecule has 0 unspecified atom stereocenters. The van der Waals surface area contributed by atoms with Crippen molar-refractivity contribution >= 4 is 17.0 Å². The van der Waals surface area contributed by atoms with Gasteiger partial charge in [-0.2, -0.15) is 5.10 Å². The van der Waals surface area contributed by atoms with E-state index in [0.717, 1.165) is 11.1 Å². The first kappa shape index (κ1) is 13.4. The highest BCUT2D eigenvalue weighted by molar-refractivity contribution is 5.76. The Bertz CT molecular complexity index is 700. The van der Waals surface area contributed by atoms with Gasteiger partial charge in [-0.15, -0.1) is 0 Å². The van der Waals surface area contributed by atoms with Crippen molar-refractivity contribution in [1.29, 1.82) is 0 Å². The lowest BCUT2D eigenvalue weighted by Gasteiger charge is -2.14. The number of rotatable bonds is 5. The number of hydrogen-bond donors (Lipinski definition) is 0. The molecule has 0 spiro atoms. The van der Waals surface area contributed by atoms with Crippen molar-refractivity contribution in [3.63, 3.8) is 0 Å². The summed E-state index contributed by atoms with van der Waals surface area (Å²) in [6.07, 6.45) is 3.94. The summed E-state index contributed by atoms with van der Waals surface area (Å²) in [5.41, 5.74) is 1.55. The molecule has 0 aliphatic heterocycles. The second-order valence-corrected chi connectivity index (χ2v) is 4.84. The van der Waals surface area contributed by atoms with E-state index in [4.69, 9.17) is 4.42 Å². The molecule has 0 N–H and O–H groups in total. The monoisotopic (exact) mass is 284 g/mol. The minimum atomic E-state index is 0.0350. The van der Waals surface area contributed by atoms with Crippen LogP contribution in [-0.4, -0.2) is 32.6 Å². The number of aromatic nitrogens is 3. The first-order valence-electron chi connectivity index (χ1n) is 6.78. The fraction of sp³-hybridized carbons (Fsp3) is 0.267. The van der Waals surface area contributed by atoms with Gasteiger partial charge in [-0.1, -0.05) is 12.1 Å². The third-order valence-electron chi connectivity index (χ3n) is 3.25. The lowest BCUT2D eigenvalue weighted by molar-refractivity contribution is -0.131. The fourth-order valence-electron chi connectivity index (χ4n) is 2.11. The van der Waals surface area contributed by atoms with Crippen molar-refractivity contribution in [2.75, 3.05) is 7.05 Å². The highest BCUT2D eigenvalue weighted by atomic mass is 16.3. The second-order valence-electron chi connectivity index (χ2n) is 4.84. The number of para-hydroxylation sites is 2. The molecule has 0 atom stereocenters. The zero-order valence-electron chi connectivity index (χ0n) is 11.8. The molecular weight excluding hydrogens is 268 g/mol. The first-order chi connectivity index (χ1) is 10.2. The molecule has 0 bridgehead atoms. The molecular formula is C15H16N4O2. The Morgan fingerprint density at radius 2 is 2.19 bits per heavy atom. The molecule has 0 fully saturated rings. The lowest BCUT2D eigenvalue weighted by atomic mass is 10.3. The van der Waals surface area contributed by atoms with Gasteiger partial charge in [0.2, 0.25) is 11.8 Å². The van der Waals surface area contributed by atoms with Crippen molar-refractivity contribution in [3.8, 4) is 0 Å². The van der Waals surface area contributed by atoms with Crippen LogP contribution < -0.4 is 0 Å². The first-order valence-corrected chi connectivity index (χ1v) is 6.78. The van der Waals surface area contributed by atoms with E-state index in [2.05, 4.69) is 10.1 Å². The summed E-state index contributed by atoms with van der Waals surface area (Å²) >= 11 is 0. The molecule has 0 radical (unpaired) electrons. The van der Waals surface area contributed by atoms with E-state index in [9.17, 15) is 4.79 Å². The molecule has 108 valence electrons. The van der Waals surface area contributed by atoms with Gasteiger partial charge in [-0.3, -0.25) is 9.48 Å². The van der Waals surface area contributed by atoms with Crippen molar-refractivity contribution in [1.82, 2.24) is 19.7 Å². The van der Waals surface area contributed by atoms with E-state index >= 15 is 0 Å². The largest absolute Gasteiger partial charge is 0.439 e. The third kappa shape index (κ3) is 3.10. The number of nitrogens with zero attached hydrogens (tertiary/aromatic N) is 4. The average molecular weight is 284 g/mol. The van der Waals surface area contributed by atoms with Gasteiger partial charge in [0.25, 0.3) is 0 Å². The summed E-state index contributed by atoms with van der Waals surface area (Å²) < 4.78 is 7.36. The van der Waals surface area contributed by atoms with Crippen LogP contribution in [0.4, 0.5) is 0 Å². The Labute approximate surface area is 122 Å². The van der Waals surface area contributed by atoms with E-state index in [1.807, 2.05) is 36.5 Å². The average Bonchev–Trinajstić information content (AvgIpc) is 3.13. The minimum absolute atomic E-state index is 0.0350. The van der Waals surface area contributed by atoms with Crippen LogP contribution in [0.25, 0.3) is 11.1 Å². The van der Waals surface area contributed by atoms with E-state index < -0.39 is 0 Å². The summed E-state index contributed by atoms with van der Waals surface area (Å²) in [4.78, 5) is 18.1. The van der Waals surface area contributed by atoms with Crippen LogP contribution in [0.3, 0.4) is 0 Å². The maximum atomic E-state index is 12.1. The van der Waals surface area contributed by atoms with Gasteiger partial charge in [0.15, 0.2) is 5.58 Å². The van der Waals surface area contributed by atoms with E-state index in [1.165, 1.54) is 0 Å². The highest BCUT2D eigenvalue weighted by Gasteiger charge is 2.13. The molecule has 0 saturated carbocycles. The van der Waals surface area contributed by atoms with Crippen LogP contribution in [0, 0.1) is 0 Å². The van der Waals surface area contributed by atoms with Crippen LogP contribution in [-0.2, 0) is 17.9 Å². The van der Waals surface area contributed by atoms with Gasteiger partial charge < -0.3 is 9.32 Å². The Balaban J connectivity index is 1.59. The molecule has 0 aliphatic rings. The number of aryl methyl sites for hydroxylation is 1. The summed E-state index contributed by atoms with van der Waals surface area (Å²) in [6, 6.07) is 9.41. The van der Waals surface area contributed by atoms with Crippen molar-refractivity contribution in [2.45, 2.75) is 19.5 Å². The molecule has 3 aromatic rings. The standard InChI is InChI=1S/C15H16N4O2/c1-18(15(20)7-10-19-9-4-8-16-19)11-14-17-12-5-2-3-6-13(12)21-14/h2-6,8-9H,7,10-11H2,1H3. The smallest absolute Gasteiger partial charge is 0.224 e. The molecule has 1 amide bonds. The topological polar surface area (TPSA) is 64.2 Å². The molecule has 3 rings (SSSR count). The zero-order valence-corrected chi connectivity index (χ0v) is 11.8. The number of hydrogen-bond acceptors (Lipinski definition) is 4. The Hall–Kier alpha value is -2.63. The maximum absolute atomic E-state index is 12.1. The normalized spacial score (nSPS) is 10.9. The van der Waals surface area contributed by atoms with E-state index in [-0.39, 0.29) is 5.91 Å². The van der Waals surface area contributed by atoms with Crippen LogP contribution in [0.2, 0.25) is 0 Å². The fourth-order valence-corrected chi connectivity index (χ4v) is 2.11. The zero-order chi connectivity index (χ0) is 14.7. The number of benzene rings is 1. The van der Waals surface area contributed by atoms with Crippen molar-refractivity contribution in [3.05, 3.63) is 48.6 Å². The molecule has 0 aliphatic carbocycles. The highest BCUT2D eigenvalue weighted by Crippen LogP contribution is 2.15. The molecule has 2 aromatic heterocycles. The van der Waals surface area contributed by atoms with Gasteiger partial charge in [-0.25, -0.2) is 4.98 Å². The number of oxazole rings is 1. The molecule has 6 heteroatoms. The number of carbonyl (C=O) groups is 1. The summed E-state index contributed by atoms with van der Waals surface area (Å²) in [6.45, 7) is 0.941. The summed E-state index contributed by atoms with van der Waals surface area (Å²) in [5.74, 6) is 0.582. The SMILES string of the molecule is CN(Cc1nc2ccccc2o1)C(=O)CCn1cccn1. The van der Waals surface area contributed by atoms with Crippen LogP contribution in [0.1, 0.15) is 12.3 Å². The third-order valence-corrected chi connectivity index (χ3v) is 3.25. The van der Waals surface area contributed by atoms with Crippen molar-refractivity contribution < 1.29 is 9.21 Å². The predicted molar refractivity (Wildman–Crippen MR) is 77.3 cm³/mol. The quantitative estimate of drug-likeness (QED) is 0.719. The minimum Gasteiger partial charge on any atom is -0.439 e. The van der Waals surface area contributed by atoms with Gasteiger partial charge >= 0.3 is 0 Å². The predicted octanol–water partition coefficient (Wildman–Crippen LogP) is 2.07. The number of carbonyl (C=O) groups excluding carboxylic acids is 1. The molecule has 21 heavy (non-hydrogen) atoms. The number of amides is 1. The summed E-state index contributed by atoms with van der Waals surface area (Å²) in [5, 5.41) is 4.08. The number of fused-ring (bicyclic) bond motifs is 1.